The van der Waals surface area contributed by atoms with Gasteiger partial charge in [0.2, 0.25) is 23.6 Å². The predicted molar refractivity (Wildman–Crippen MR) is 486 cm³/mol. The van der Waals surface area contributed by atoms with Crippen molar-refractivity contribution in [3.8, 4) is 0 Å². The summed E-state index contributed by atoms with van der Waals surface area (Å²) in [5, 5.41) is 29.5. The molecule has 8 bridgehead atoms. The number of hydrogen-bond donors (Lipinski definition) is 16. The van der Waals surface area contributed by atoms with Crippen molar-refractivity contribution in [2.75, 3.05) is 23.0 Å². The minimum absolute atomic E-state index is 0.0603. The molecule has 12 N–H and O–H groups in total. The zero-order valence-electron chi connectivity index (χ0n) is 73.3. The summed E-state index contributed by atoms with van der Waals surface area (Å²) in [5.74, 6) is -12.4. The van der Waals surface area contributed by atoms with Crippen LogP contribution in [0.2, 0.25) is 0 Å². The van der Waals surface area contributed by atoms with E-state index >= 15 is 0 Å². The molecule has 0 radical (unpaired) electrons. The molecule has 0 unspecified atom stereocenters. The molecule has 36 nitrogen and oxygen atoms in total. The topological polar surface area (TPSA) is 506 Å². The van der Waals surface area contributed by atoms with Crippen LogP contribution in [0.3, 0.4) is 0 Å². The molecule has 706 valence electrons. The molecule has 4 aliphatic heterocycles. The predicted octanol–water partition coefficient (Wildman–Crippen LogP) is 5.51. The van der Waals surface area contributed by atoms with Crippen LogP contribution in [0.25, 0.3) is 0 Å². The van der Waals surface area contributed by atoms with E-state index in [2.05, 4.69) is 161 Å². The molecule has 0 saturated carbocycles. The minimum atomic E-state index is -1.07. The standard InChI is InChI=1S/3C22H27FN4O5S.C22H28N4O5S/c1-12(2)19-22(31)32-14(6-4-5-9-33)10-18(28)24-11-17-15(23)7-8-16(26-17)21(30)25-13(3)20(29)27-19;2*1-12(2)19-22(31)32-16(6-4-5-7-33)10-18(28)24-11-15-8-14(23)9-17(26-15)21(30)25-13(3)20(29)27-19;1-13(2)19-22(30)31-16(8-4-5-10-32)11-18(27)23-12-15-7-6-9-17(25-15)21(29)24-14(3)20(28)26-19/h4,6-8,12,14,19,33H,3,5,9-11H2,1-2H3,(H,24,28)(H,25,30)(H,27,29);2*4,6,8-9,12,16,19,33H,3,5,7,10-11H2,1-2H3,(H,24,28)(H,25,30)(H,27,29);4,6-9,13,16,19,32H,3,5,10-12H2,1-2H3,(H,23,27)(H,24,29)(H,26,28)/b3*6-4+;8-4+/t14-,19+;3*16-,19+/m1111/s1. The number of rotatable bonds is 16. The van der Waals surface area contributed by atoms with Crippen LogP contribution in [-0.2, 0) is 103 Å². The first-order chi connectivity index (χ1) is 62.0. The highest BCUT2D eigenvalue weighted by molar-refractivity contribution is 7.80. The van der Waals surface area contributed by atoms with Gasteiger partial charge in [0.15, 0.2) is 0 Å². The number of halogens is 3. The number of ether oxygens (including phenoxy) is 4. The van der Waals surface area contributed by atoms with Gasteiger partial charge in [-0.25, -0.2) is 52.3 Å². The average Bonchev–Trinajstić information content (AvgIpc) is 0.850. The van der Waals surface area contributed by atoms with Gasteiger partial charge in [0, 0.05) is 12.1 Å². The number of carbonyl (C=O) groups is 16. The lowest BCUT2D eigenvalue weighted by molar-refractivity contribution is -0.153. The van der Waals surface area contributed by atoms with Crippen molar-refractivity contribution in [3.63, 3.8) is 0 Å². The number of allylic oxidation sites excluding steroid dienone is 4. The quantitative estimate of drug-likeness (QED) is 0.0216. The summed E-state index contributed by atoms with van der Waals surface area (Å²) >= 11 is 16.5. The van der Waals surface area contributed by atoms with Crippen LogP contribution >= 0.6 is 50.5 Å². The maximum Gasteiger partial charge on any atom is 0.329 e. The van der Waals surface area contributed by atoms with E-state index in [9.17, 15) is 89.9 Å². The highest BCUT2D eigenvalue weighted by Crippen LogP contribution is 2.20. The number of carbonyl (C=O) groups excluding carboxylic acids is 16. The van der Waals surface area contributed by atoms with Crippen LogP contribution in [-0.4, -0.2) is 186 Å². The molecule has 0 fully saturated rings. The van der Waals surface area contributed by atoms with Crippen LogP contribution in [0.1, 0.15) is 171 Å². The van der Waals surface area contributed by atoms with Crippen molar-refractivity contribution in [1.82, 2.24) is 83.7 Å². The number of nitrogens with one attached hydrogen (secondary N) is 12. The first kappa shape index (κ1) is 109. The van der Waals surface area contributed by atoms with Gasteiger partial charge in [0.05, 0.1) is 97.4 Å². The first-order valence-electron chi connectivity index (χ1n) is 41.2. The molecule has 8 rings (SSSR count). The Kier molecular flexibility index (Phi) is 45.9. The number of hydrogen-bond acceptors (Lipinski definition) is 28. The van der Waals surface area contributed by atoms with E-state index in [-0.39, 0.29) is 144 Å². The van der Waals surface area contributed by atoms with Crippen molar-refractivity contribution >= 4 is 145 Å². The molecule has 8 atom stereocenters. The Bertz CT molecular complexity index is 4880. The molecule has 12 amide bonds. The van der Waals surface area contributed by atoms with E-state index < -0.39 is 155 Å². The summed E-state index contributed by atoms with van der Waals surface area (Å²) < 4.78 is 64.1. The fourth-order valence-corrected chi connectivity index (χ4v) is 12.0. The van der Waals surface area contributed by atoms with Gasteiger partial charge in [-0.3, -0.25) is 57.5 Å². The number of esters is 4. The van der Waals surface area contributed by atoms with Gasteiger partial charge in [0.1, 0.15) is 88.8 Å². The average molecular weight is 1900 g/mol. The number of amides is 12. The second-order valence-electron chi connectivity index (χ2n) is 30.6. The van der Waals surface area contributed by atoms with E-state index in [1.807, 2.05) is 0 Å². The van der Waals surface area contributed by atoms with Gasteiger partial charge >= 0.3 is 23.9 Å². The summed E-state index contributed by atoms with van der Waals surface area (Å²) in [5.41, 5.74) is -1.50. The molecule has 4 aromatic heterocycles. The Morgan fingerprint density at radius 3 is 0.908 bits per heavy atom. The summed E-state index contributed by atoms with van der Waals surface area (Å²) in [6.07, 6.45) is 11.4. The Balaban J connectivity index is 0.000000309. The van der Waals surface area contributed by atoms with E-state index in [1.165, 1.54) is 6.07 Å². The number of aromatic nitrogens is 4. The number of nitrogens with zero attached hydrogens (tertiary/aromatic N) is 4. The summed E-state index contributed by atoms with van der Waals surface area (Å²) in [7, 11) is 0. The molecular weight excluding hydrogens is 1790 g/mol. The van der Waals surface area contributed by atoms with E-state index in [0.717, 1.165) is 36.4 Å². The smallest absolute Gasteiger partial charge is 0.329 e. The van der Waals surface area contributed by atoms with Gasteiger partial charge in [-0.05, 0) is 133 Å². The van der Waals surface area contributed by atoms with Gasteiger partial charge < -0.3 is 82.7 Å². The number of thiol groups is 4. The van der Waals surface area contributed by atoms with Gasteiger partial charge in [-0.15, -0.1) is 0 Å². The van der Waals surface area contributed by atoms with Crippen molar-refractivity contribution in [1.29, 1.82) is 0 Å². The van der Waals surface area contributed by atoms with Crippen molar-refractivity contribution in [3.05, 3.63) is 215 Å². The number of pyridine rings is 4. The molecule has 0 spiro atoms. The third-order valence-electron chi connectivity index (χ3n) is 18.4. The fourth-order valence-electron chi connectivity index (χ4n) is 11.4. The largest absolute Gasteiger partial charge is 0.456 e. The maximum absolute atomic E-state index is 14.1. The van der Waals surface area contributed by atoms with Gasteiger partial charge in [-0.1, -0.05) is 112 Å². The normalized spacial score (nSPS) is 21.0. The second kappa shape index (κ2) is 55.3. The molecule has 4 aromatic rings. The zero-order chi connectivity index (χ0) is 97.3. The monoisotopic (exact) mass is 1890 g/mol. The van der Waals surface area contributed by atoms with Crippen LogP contribution < -0.4 is 63.8 Å². The molecule has 0 aromatic carbocycles. The fraction of sp³-hybridized carbons (Fsp3) is 0.409. The lowest BCUT2D eigenvalue weighted by atomic mass is 10.0. The third kappa shape index (κ3) is 38.1. The van der Waals surface area contributed by atoms with Crippen molar-refractivity contribution in [2.24, 2.45) is 23.7 Å². The lowest BCUT2D eigenvalue weighted by Gasteiger charge is -2.24. The molecule has 0 aliphatic carbocycles. The molecule has 131 heavy (non-hydrogen) atoms. The van der Waals surface area contributed by atoms with Crippen LogP contribution in [0.4, 0.5) is 13.2 Å². The molecule has 8 heterocycles. The van der Waals surface area contributed by atoms with Crippen molar-refractivity contribution in [2.45, 2.75) is 182 Å². The zero-order valence-corrected chi connectivity index (χ0v) is 76.8. The highest BCUT2D eigenvalue weighted by Gasteiger charge is 2.36. The van der Waals surface area contributed by atoms with Crippen LogP contribution in [0.15, 0.2) is 152 Å². The van der Waals surface area contributed by atoms with Gasteiger partial charge in [0.25, 0.3) is 47.3 Å². The number of fused-ring (bicyclic) bond motifs is 8. The minimum Gasteiger partial charge on any atom is -0.456 e. The van der Waals surface area contributed by atoms with Crippen LogP contribution in [0, 0.1) is 41.1 Å². The second-order valence-corrected chi connectivity index (χ2v) is 32.3. The van der Waals surface area contributed by atoms with Gasteiger partial charge in [-0.2, -0.15) is 50.5 Å². The van der Waals surface area contributed by atoms with Crippen molar-refractivity contribution < 1.29 is 109 Å². The molecule has 43 heteroatoms. The van der Waals surface area contributed by atoms with E-state index in [4.69, 9.17) is 18.9 Å². The number of cyclic esters (lactones) is 4. The SMILES string of the molecule is C=C1NC(=O)c2cc(F)cc(n2)CNC(=O)C[C@@H](/C=C/CCS)OC(=O)[C@H](C(C)C)NC1=O.C=C1NC(=O)c2cc(F)cc(n2)CNC(=O)C[C@@H](/C=C/CCS)OC(=O)[C@H](C(C)C)NC1=O.C=C1NC(=O)c2ccc(F)c(n2)CNC(=O)C[C@@H](/C=C/CCS)OC(=O)[C@H](C(C)C)NC1=O.C=C1NC(=O)c2cccc(n2)CNC(=O)C[C@@H](/C=C/CCS)OC(=O)[C@H](C(C)C)NC1=O. The Hall–Kier alpha value is -12.8. The van der Waals surface area contributed by atoms with E-state index in [1.54, 1.807) is 116 Å². The maximum atomic E-state index is 14.1. The third-order valence-corrected chi connectivity index (χ3v) is 19.4. The summed E-state index contributed by atoms with van der Waals surface area (Å²) in [6, 6.07) is 6.65. The Morgan fingerprint density at radius 2 is 0.618 bits per heavy atom. The highest BCUT2D eigenvalue weighted by atomic mass is 32.1. The molecular formula is C88H109F3N16O20S4. The molecule has 4 aliphatic rings. The Morgan fingerprint density at radius 1 is 0.351 bits per heavy atom. The first-order valence-corrected chi connectivity index (χ1v) is 43.7. The molecule has 0 saturated heterocycles. The van der Waals surface area contributed by atoms with Crippen LogP contribution in [0.5, 0.6) is 0 Å². The Labute approximate surface area is 777 Å². The van der Waals surface area contributed by atoms with E-state index in [0.29, 0.717) is 54.4 Å². The lowest BCUT2D eigenvalue weighted by Crippen LogP contribution is -2.48. The summed E-state index contributed by atoms with van der Waals surface area (Å²) in [6.45, 7) is 27.3. The summed E-state index contributed by atoms with van der Waals surface area (Å²) in [4.78, 5) is 217.